The van der Waals surface area contributed by atoms with Gasteiger partial charge in [0.25, 0.3) is 0 Å². The minimum absolute atomic E-state index is 0.505. The third kappa shape index (κ3) is 4.31. The molecule has 0 radical (unpaired) electrons. The predicted molar refractivity (Wildman–Crippen MR) is 89.6 cm³/mol. The summed E-state index contributed by atoms with van der Waals surface area (Å²) < 4.78 is 0. The van der Waals surface area contributed by atoms with Crippen molar-refractivity contribution in [1.29, 1.82) is 0 Å². The van der Waals surface area contributed by atoms with Gasteiger partial charge >= 0.3 is 0 Å². The number of hydrogen-bond acceptors (Lipinski definition) is 3. The highest BCUT2D eigenvalue weighted by Crippen LogP contribution is 2.33. The monoisotopic (exact) mass is 294 g/mol. The predicted octanol–water partition coefficient (Wildman–Crippen LogP) is 3.78. The second-order valence-electron chi connectivity index (χ2n) is 6.58. The molecule has 1 aromatic rings. The molecule has 0 aliphatic carbocycles. The summed E-state index contributed by atoms with van der Waals surface area (Å²) in [5.41, 5.74) is 0.505. The van der Waals surface area contributed by atoms with Crippen LogP contribution in [0.2, 0.25) is 0 Å². The number of nitrogens with one attached hydrogen (secondary N) is 1. The Balaban J connectivity index is 1.91. The summed E-state index contributed by atoms with van der Waals surface area (Å²) in [6.45, 7) is 8.35. The van der Waals surface area contributed by atoms with Gasteiger partial charge in [-0.3, -0.25) is 0 Å². The third-order valence-corrected chi connectivity index (χ3v) is 5.65. The highest BCUT2D eigenvalue weighted by molar-refractivity contribution is 7.09. The highest BCUT2D eigenvalue weighted by Gasteiger charge is 2.33. The lowest BCUT2D eigenvalue weighted by atomic mass is 9.76. The summed E-state index contributed by atoms with van der Waals surface area (Å²) in [5.74, 6) is 0. The minimum atomic E-state index is 0.505. The summed E-state index contributed by atoms with van der Waals surface area (Å²) in [4.78, 5) is 4.10. The van der Waals surface area contributed by atoms with E-state index >= 15 is 0 Å². The van der Waals surface area contributed by atoms with Crippen LogP contribution in [0.1, 0.15) is 44.4 Å². The van der Waals surface area contributed by atoms with Crippen LogP contribution in [0.5, 0.6) is 0 Å². The zero-order valence-electron chi connectivity index (χ0n) is 13.3. The van der Waals surface area contributed by atoms with E-state index in [1.165, 1.54) is 56.6 Å². The molecule has 2 rings (SSSR count). The molecule has 0 aromatic carbocycles. The molecule has 1 aliphatic rings. The van der Waals surface area contributed by atoms with E-state index in [2.05, 4.69) is 48.6 Å². The molecule has 0 saturated carbocycles. The van der Waals surface area contributed by atoms with Crippen LogP contribution in [0.25, 0.3) is 0 Å². The normalized spacial score (nSPS) is 25.0. The number of hydrogen-bond donors (Lipinski definition) is 1. The van der Waals surface area contributed by atoms with E-state index in [1.807, 2.05) is 11.3 Å². The average molecular weight is 295 g/mol. The van der Waals surface area contributed by atoms with E-state index in [9.17, 15) is 0 Å². The first kappa shape index (κ1) is 16.0. The number of nitrogens with zero attached hydrogens (tertiary/aromatic N) is 1. The van der Waals surface area contributed by atoms with Gasteiger partial charge in [-0.2, -0.15) is 0 Å². The Morgan fingerprint density at radius 1 is 1.50 bits per heavy atom. The molecule has 1 aliphatic heterocycles. The van der Waals surface area contributed by atoms with Crippen LogP contribution >= 0.6 is 11.3 Å². The second kappa shape index (κ2) is 7.58. The molecular formula is C17H30N2S. The van der Waals surface area contributed by atoms with Gasteiger partial charge in [-0.25, -0.2) is 0 Å². The number of thiophene rings is 1. The molecule has 0 bridgehead atoms. The fraction of sp³-hybridized carbons (Fsp3) is 0.765. The van der Waals surface area contributed by atoms with Crippen molar-refractivity contribution >= 4 is 11.3 Å². The molecular weight excluding hydrogens is 264 g/mol. The van der Waals surface area contributed by atoms with Crippen LogP contribution in [0.3, 0.4) is 0 Å². The summed E-state index contributed by atoms with van der Waals surface area (Å²) >= 11 is 1.89. The Labute approximate surface area is 128 Å². The fourth-order valence-electron chi connectivity index (χ4n) is 3.55. The van der Waals surface area contributed by atoms with Crippen LogP contribution in [0, 0.1) is 5.41 Å². The van der Waals surface area contributed by atoms with Gasteiger partial charge in [0.05, 0.1) is 0 Å². The van der Waals surface area contributed by atoms with Crippen molar-refractivity contribution in [3.05, 3.63) is 22.4 Å². The molecule has 2 nitrogen and oxygen atoms in total. The highest BCUT2D eigenvalue weighted by atomic mass is 32.1. The maximum Gasteiger partial charge on any atom is 0.0112 e. The van der Waals surface area contributed by atoms with Crippen molar-refractivity contribution in [2.75, 3.05) is 26.7 Å². The van der Waals surface area contributed by atoms with Crippen molar-refractivity contribution in [1.82, 2.24) is 10.2 Å². The maximum atomic E-state index is 3.63. The number of likely N-dealkylation sites (N-methyl/N-ethyl adjacent to an activating group) is 1. The molecule has 0 spiro atoms. The van der Waals surface area contributed by atoms with Crippen molar-refractivity contribution in [2.24, 2.45) is 5.41 Å². The van der Waals surface area contributed by atoms with Crippen molar-refractivity contribution < 1.29 is 0 Å². The third-order valence-electron chi connectivity index (χ3n) is 4.75. The van der Waals surface area contributed by atoms with E-state index in [1.54, 1.807) is 0 Å². The van der Waals surface area contributed by atoms with Gasteiger partial charge in [-0.15, -0.1) is 11.3 Å². The van der Waals surface area contributed by atoms with E-state index in [0.29, 0.717) is 11.5 Å². The Morgan fingerprint density at radius 3 is 2.95 bits per heavy atom. The lowest BCUT2D eigenvalue weighted by Crippen LogP contribution is -2.48. The summed E-state index contributed by atoms with van der Waals surface area (Å²) in [6, 6.07) is 5.05. The molecule has 114 valence electrons. The van der Waals surface area contributed by atoms with Crippen LogP contribution < -0.4 is 5.32 Å². The van der Waals surface area contributed by atoms with Crippen molar-refractivity contribution in [3.8, 4) is 0 Å². The molecule has 3 heteroatoms. The zero-order chi connectivity index (χ0) is 14.4. The molecule has 2 unspecified atom stereocenters. The number of piperidine rings is 1. The van der Waals surface area contributed by atoms with Crippen LogP contribution in [0.15, 0.2) is 17.5 Å². The molecule has 1 N–H and O–H groups in total. The van der Waals surface area contributed by atoms with E-state index in [-0.39, 0.29) is 0 Å². The Kier molecular flexibility index (Phi) is 6.06. The largest absolute Gasteiger partial charge is 0.316 e. The van der Waals surface area contributed by atoms with E-state index < -0.39 is 0 Å². The topological polar surface area (TPSA) is 15.3 Å². The first-order valence-corrected chi connectivity index (χ1v) is 8.96. The van der Waals surface area contributed by atoms with Crippen molar-refractivity contribution in [3.63, 3.8) is 0 Å². The van der Waals surface area contributed by atoms with Gasteiger partial charge in [-0.05, 0) is 63.1 Å². The summed E-state index contributed by atoms with van der Waals surface area (Å²) in [5, 5.41) is 5.81. The Hall–Kier alpha value is -0.380. The summed E-state index contributed by atoms with van der Waals surface area (Å²) in [7, 11) is 2.31. The molecule has 1 fully saturated rings. The zero-order valence-corrected chi connectivity index (χ0v) is 14.1. The van der Waals surface area contributed by atoms with E-state index in [0.717, 1.165) is 0 Å². The second-order valence-corrected chi connectivity index (χ2v) is 7.61. The quantitative estimate of drug-likeness (QED) is 0.823. The molecule has 20 heavy (non-hydrogen) atoms. The standard InChI is InChI=1S/C17H30N2S/c1-4-8-17(9-6-10-18-13-17)14-19(3)15(2)12-16-7-5-11-20-16/h5,7,11,15,18H,4,6,8-10,12-14H2,1-3H3. The van der Waals surface area contributed by atoms with Crippen LogP contribution in [-0.4, -0.2) is 37.6 Å². The van der Waals surface area contributed by atoms with Gasteiger partial charge in [0.2, 0.25) is 0 Å². The molecule has 2 heterocycles. The lowest BCUT2D eigenvalue weighted by molar-refractivity contribution is 0.101. The maximum absolute atomic E-state index is 3.63. The van der Waals surface area contributed by atoms with Gasteiger partial charge in [-0.1, -0.05) is 19.4 Å². The first-order chi connectivity index (χ1) is 9.65. The molecule has 1 aromatic heterocycles. The van der Waals surface area contributed by atoms with Gasteiger partial charge < -0.3 is 10.2 Å². The minimum Gasteiger partial charge on any atom is -0.316 e. The molecule has 2 atom stereocenters. The lowest BCUT2D eigenvalue weighted by Gasteiger charge is -2.42. The smallest absolute Gasteiger partial charge is 0.0112 e. The van der Waals surface area contributed by atoms with E-state index in [4.69, 9.17) is 0 Å². The molecule has 0 amide bonds. The SMILES string of the molecule is CCCC1(CN(C)C(C)Cc2cccs2)CCCNC1. The van der Waals surface area contributed by atoms with Crippen molar-refractivity contribution in [2.45, 2.75) is 52.0 Å². The van der Waals surface area contributed by atoms with Crippen LogP contribution in [-0.2, 0) is 6.42 Å². The molecule has 1 saturated heterocycles. The Bertz CT molecular complexity index is 363. The first-order valence-electron chi connectivity index (χ1n) is 8.08. The average Bonchev–Trinajstić information content (AvgIpc) is 2.92. The van der Waals surface area contributed by atoms with Crippen LogP contribution in [0.4, 0.5) is 0 Å². The summed E-state index contributed by atoms with van der Waals surface area (Å²) in [6.07, 6.45) is 6.58. The van der Waals surface area contributed by atoms with Gasteiger partial charge in [0, 0.05) is 24.0 Å². The number of rotatable bonds is 7. The Morgan fingerprint density at radius 2 is 2.35 bits per heavy atom. The van der Waals surface area contributed by atoms with Gasteiger partial charge in [0.15, 0.2) is 0 Å². The fourth-order valence-corrected chi connectivity index (χ4v) is 4.38. The van der Waals surface area contributed by atoms with Gasteiger partial charge in [0.1, 0.15) is 0 Å².